The van der Waals surface area contributed by atoms with Gasteiger partial charge in [-0.3, -0.25) is 0 Å². The number of aromatic nitrogens is 2. The van der Waals surface area contributed by atoms with E-state index < -0.39 is 7.25 Å². The van der Waals surface area contributed by atoms with Crippen LogP contribution in [0, 0.1) is 0 Å². The van der Waals surface area contributed by atoms with Crippen LogP contribution in [0.3, 0.4) is 0 Å². The van der Waals surface area contributed by atoms with E-state index in [0.29, 0.717) is 0 Å². The first kappa shape index (κ1) is 25.1. The first-order valence-electron chi connectivity index (χ1n) is 11.8. The van der Waals surface area contributed by atoms with Crippen LogP contribution in [0.15, 0.2) is 109 Å². The highest BCUT2D eigenvalue weighted by atomic mass is 19.5. The van der Waals surface area contributed by atoms with Crippen LogP contribution in [0.5, 0.6) is 0 Å². The van der Waals surface area contributed by atoms with E-state index in [2.05, 4.69) is 121 Å². The molecular formula is C29H25BF4N2. The van der Waals surface area contributed by atoms with Crippen LogP contribution in [0.1, 0.15) is 18.9 Å². The predicted molar refractivity (Wildman–Crippen MR) is 138 cm³/mol. The molecule has 0 amide bonds. The van der Waals surface area contributed by atoms with Gasteiger partial charge in [0.25, 0.3) is 5.69 Å². The van der Waals surface area contributed by atoms with Gasteiger partial charge in [0.05, 0.1) is 5.56 Å². The number of aryl methyl sites for hydroxylation is 1. The van der Waals surface area contributed by atoms with Crippen molar-refractivity contribution in [2.45, 2.75) is 19.8 Å². The summed E-state index contributed by atoms with van der Waals surface area (Å²) in [5.74, 6) is 0. The SMILES string of the molecule is CCCc1ccc(-[n+]2nc3ccccc3c(-c3ccccc3)c2-c2ccccc2)cc1.F[B-](F)(F)F. The van der Waals surface area contributed by atoms with Crippen LogP contribution in [0.25, 0.3) is 39.0 Å². The quantitative estimate of drug-likeness (QED) is 0.139. The summed E-state index contributed by atoms with van der Waals surface area (Å²) >= 11 is 0. The van der Waals surface area contributed by atoms with Crippen LogP contribution in [0.2, 0.25) is 0 Å². The molecule has 36 heavy (non-hydrogen) atoms. The fraction of sp³-hybridized carbons (Fsp3) is 0.103. The van der Waals surface area contributed by atoms with Crippen molar-refractivity contribution in [1.82, 2.24) is 5.10 Å². The van der Waals surface area contributed by atoms with Gasteiger partial charge in [-0.25, -0.2) is 0 Å². The van der Waals surface area contributed by atoms with Crippen LogP contribution in [-0.4, -0.2) is 12.4 Å². The molecule has 0 N–H and O–H groups in total. The molecule has 182 valence electrons. The molecule has 1 heterocycles. The summed E-state index contributed by atoms with van der Waals surface area (Å²) in [7, 11) is -6.00. The average molecular weight is 488 g/mol. The van der Waals surface area contributed by atoms with Crippen molar-refractivity contribution >= 4 is 18.2 Å². The van der Waals surface area contributed by atoms with Gasteiger partial charge in [-0.15, -0.1) is 0 Å². The van der Waals surface area contributed by atoms with Crippen LogP contribution < -0.4 is 4.68 Å². The number of rotatable bonds is 5. The maximum absolute atomic E-state index is 9.75. The number of benzene rings is 4. The summed E-state index contributed by atoms with van der Waals surface area (Å²) in [6.07, 6.45) is 2.24. The van der Waals surface area contributed by atoms with Gasteiger partial charge in [0, 0.05) is 28.2 Å². The van der Waals surface area contributed by atoms with E-state index in [1.165, 1.54) is 16.7 Å². The molecule has 0 aliphatic rings. The van der Waals surface area contributed by atoms with Gasteiger partial charge in [-0.2, -0.15) is 0 Å². The third-order valence-corrected chi connectivity index (χ3v) is 5.66. The number of hydrogen-bond acceptors (Lipinski definition) is 1. The Kier molecular flexibility index (Phi) is 7.79. The Morgan fingerprint density at radius 1 is 0.667 bits per heavy atom. The second kappa shape index (κ2) is 11.2. The van der Waals surface area contributed by atoms with Crippen molar-refractivity contribution in [1.29, 1.82) is 0 Å². The normalized spacial score (nSPS) is 11.1. The molecular weight excluding hydrogens is 463 g/mol. The molecule has 4 aromatic carbocycles. The van der Waals surface area contributed by atoms with Gasteiger partial charge in [-0.1, -0.05) is 92.2 Å². The molecule has 5 rings (SSSR count). The van der Waals surface area contributed by atoms with Crippen molar-refractivity contribution in [3.05, 3.63) is 115 Å². The third-order valence-electron chi connectivity index (χ3n) is 5.66. The van der Waals surface area contributed by atoms with E-state index in [-0.39, 0.29) is 0 Å². The molecule has 0 bridgehead atoms. The molecule has 0 aliphatic heterocycles. The molecule has 5 aromatic rings. The van der Waals surface area contributed by atoms with Gasteiger partial charge in [-0.05, 0) is 40.4 Å². The summed E-state index contributed by atoms with van der Waals surface area (Å²) in [5.41, 5.74) is 8.06. The molecule has 0 atom stereocenters. The average Bonchev–Trinajstić information content (AvgIpc) is 2.88. The summed E-state index contributed by atoms with van der Waals surface area (Å²) < 4.78 is 41.1. The molecule has 0 saturated heterocycles. The van der Waals surface area contributed by atoms with E-state index in [1.54, 1.807) is 0 Å². The van der Waals surface area contributed by atoms with Crippen molar-refractivity contribution in [2.24, 2.45) is 0 Å². The maximum atomic E-state index is 9.75. The number of nitrogens with zero attached hydrogens (tertiary/aromatic N) is 2. The number of halogens is 4. The van der Waals surface area contributed by atoms with Gasteiger partial charge in [0.2, 0.25) is 5.69 Å². The second-order valence-electron chi connectivity index (χ2n) is 8.30. The zero-order valence-corrected chi connectivity index (χ0v) is 19.8. The van der Waals surface area contributed by atoms with E-state index in [9.17, 15) is 17.3 Å². The lowest BCUT2D eigenvalue weighted by atomic mass is 9.95. The van der Waals surface area contributed by atoms with Gasteiger partial charge < -0.3 is 17.3 Å². The lowest BCUT2D eigenvalue weighted by Gasteiger charge is -2.12. The Hall–Kier alpha value is -4.00. The number of hydrogen-bond donors (Lipinski definition) is 0. The van der Waals surface area contributed by atoms with Crippen LogP contribution >= 0.6 is 0 Å². The fourth-order valence-electron chi connectivity index (χ4n) is 4.20. The molecule has 0 radical (unpaired) electrons. The largest absolute Gasteiger partial charge is 0.673 e. The van der Waals surface area contributed by atoms with Gasteiger partial charge in [0.15, 0.2) is 0 Å². The molecule has 0 saturated carbocycles. The molecule has 1 aromatic heterocycles. The minimum Gasteiger partial charge on any atom is -0.418 e. The zero-order chi connectivity index (χ0) is 25.5. The van der Waals surface area contributed by atoms with E-state index >= 15 is 0 Å². The highest BCUT2D eigenvalue weighted by Gasteiger charge is 2.27. The molecule has 0 aliphatic carbocycles. The van der Waals surface area contributed by atoms with Gasteiger partial charge in [0.1, 0.15) is 5.52 Å². The Bertz CT molecular complexity index is 1420. The first-order chi connectivity index (χ1) is 17.3. The van der Waals surface area contributed by atoms with E-state index in [1.807, 2.05) is 0 Å². The van der Waals surface area contributed by atoms with Crippen molar-refractivity contribution < 1.29 is 21.9 Å². The number of fused-ring (bicyclic) bond motifs is 1. The third kappa shape index (κ3) is 6.16. The van der Waals surface area contributed by atoms with E-state index in [4.69, 9.17) is 5.10 Å². The zero-order valence-electron chi connectivity index (χ0n) is 19.8. The highest BCUT2D eigenvalue weighted by Crippen LogP contribution is 2.35. The Morgan fingerprint density at radius 3 is 1.78 bits per heavy atom. The standard InChI is InChI=1S/C29H25N2.BF4/c1-2-11-22-18-20-25(21-19-22)31-29(24-14-7-4-8-15-24)28(23-12-5-3-6-13-23)26-16-9-10-17-27(26)30-31;2-1(3,4)5/h3-10,12-21H,2,11H2,1H3;/q+1;-1. The molecule has 7 heteroatoms. The van der Waals surface area contributed by atoms with Crippen LogP contribution in [-0.2, 0) is 6.42 Å². The first-order valence-corrected chi connectivity index (χ1v) is 11.8. The summed E-state index contributed by atoms with van der Waals surface area (Å²) in [6.45, 7) is 2.22. The second-order valence-corrected chi connectivity index (χ2v) is 8.30. The highest BCUT2D eigenvalue weighted by molar-refractivity contribution is 6.50. The fourth-order valence-corrected chi connectivity index (χ4v) is 4.20. The van der Waals surface area contributed by atoms with E-state index in [0.717, 1.165) is 40.7 Å². The molecule has 0 fully saturated rings. The summed E-state index contributed by atoms with van der Waals surface area (Å²) in [5, 5.41) is 6.26. The molecule has 0 unspecified atom stereocenters. The van der Waals surface area contributed by atoms with Crippen molar-refractivity contribution in [3.8, 4) is 28.1 Å². The van der Waals surface area contributed by atoms with Crippen molar-refractivity contribution in [3.63, 3.8) is 0 Å². The molecule has 2 nitrogen and oxygen atoms in total. The van der Waals surface area contributed by atoms with Crippen molar-refractivity contribution in [2.75, 3.05) is 0 Å². The maximum Gasteiger partial charge on any atom is 0.673 e. The predicted octanol–water partition coefficient (Wildman–Crippen LogP) is 8.10. The Morgan fingerprint density at radius 2 is 1.19 bits per heavy atom. The Balaban J connectivity index is 0.000000556. The topological polar surface area (TPSA) is 16.8 Å². The van der Waals surface area contributed by atoms with Gasteiger partial charge >= 0.3 is 7.25 Å². The lowest BCUT2D eigenvalue weighted by Crippen LogP contribution is -2.38. The summed E-state index contributed by atoms with van der Waals surface area (Å²) in [4.78, 5) is 0. The molecule has 0 spiro atoms. The Labute approximate surface area is 208 Å². The monoisotopic (exact) mass is 488 g/mol. The van der Waals surface area contributed by atoms with Crippen LogP contribution in [0.4, 0.5) is 17.3 Å². The minimum atomic E-state index is -6.00. The lowest BCUT2D eigenvalue weighted by molar-refractivity contribution is -0.645. The summed E-state index contributed by atoms with van der Waals surface area (Å²) in [6, 6.07) is 38.4. The smallest absolute Gasteiger partial charge is 0.418 e. The minimum absolute atomic E-state index is 0.985.